The van der Waals surface area contributed by atoms with Crippen LogP contribution in [0, 0.1) is 6.92 Å². The molecular weight excluding hydrogens is 312 g/mol. The average molecular weight is 338 g/mol. The number of hydrogen-bond acceptors (Lipinski definition) is 4. The molecular formula is C20H26N4O. The molecule has 0 N–H and O–H groups in total. The van der Waals surface area contributed by atoms with E-state index in [1.807, 2.05) is 56.0 Å². The normalized spacial score (nSPS) is 14.2. The highest BCUT2D eigenvalue weighted by molar-refractivity contribution is 5.92. The molecule has 1 aliphatic rings. The minimum absolute atomic E-state index is 0.0372. The van der Waals surface area contributed by atoms with Crippen LogP contribution in [-0.2, 0) is 6.54 Å². The van der Waals surface area contributed by atoms with Crippen molar-refractivity contribution in [3.8, 4) is 0 Å². The van der Waals surface area contributed by atoms with E-state index in [0.717, 1.165) is 37.2 Å². The van der Waals surface area contributed by atoms with Gasteiger partial charge in [0, 0.05) is 31.4 Å². The average Bonchev–Trinajstić information content (AvgIpc) is 3.14. The van der Waals surface area contributed by atoms with E-state index in [1.54, 1.807) is 6.07 Å². The highest BCUT2D eigenvalue weighted by Gasteiger charge is 2.23. The van der Waals surface area contributed by atoms with Crippen LogP contribution >= 0.6 is 0 Å². The van der Waals surface area contributed by atoms with Crippen LogP contribution in [0.2, 0.25) is 0 Å². The Morgan fingerprint density at radius 3 is 2.48 bits per heavy atom. The van der Waals surface area contributed by atoms with E-state index < -0.39 is 0 Å². The summed E-state index contributed by atoms with van der Waals surface area (Å²) in [6.07, 6.45) is 2.32. The van der Waals surface area contributed by atoms with Crippen molar-refractivity contribution >= 4 is 11.9 Å². The second-order valence-corrected chi connectivity index (χ2v) is 6.90. The summed E-state index contributed by atoms with van der Waals surface area (Å²) in [6, 6.07) is 12.0. The van der Waals surface area contributed by atoms with Crippen molar-refractivity contribution in [3.63, 3.8) is 0 Å². The van der Waals surface area contributed by atoms with Crippen molar-refractivity contribution in [2.45, 2.75) is 46.2 Å². The Balaban J connectivity index is 1.86. The van der Waals surface area contributed by atoms with Gasteiger partial charge in [0.05, 0.1) is 0 Å². The molecule has 5 nitrogen and oxygen atoms in total. The predicted octanol–water partition coefficient (Wildman–Crippen LogP) is 3.44. The third kappa shape index (κ3) is 4.16. The summed E-state index contributed by atoms with van der Waals surface area (Å²) in [6.45, 7) is 8.52. The van der Waals surface area contributed by atoms with Crippen molar-refractivity contribution in [3.05, 3.63) is 53.3 Å². The second-order valence-electron chi connectivity index (χ2n) is 6.90. The SMILES string of the molecule is Cc1cc(C(=O)N(Cc2ccccc2)C(C)C)nc(N2CCCC2)n1. The third-order valence-corrected chi connectivity index (χ3v) is 4.53. The number of carbonyl (C=O) groups excluding carboxylic acids is 1. The highest BCUT2D eigenvalue weighted by atomic mass is 16.2. The number of aromatic nitrogens is 2. The van der Waals surface area contributed by atoms with Crippen LogP contribution in [0.4, 0.5) is 5.95 Å². The minimum atomic E-state index is -0.0372. The van der Waals surface area contributed by atoms with Crippen LogP contribution < -0.4 is 4.90 Å². The number of aryl methyl sites for hydroxylation is 1. The molecule has 0 saturated carbocycles. The monoisotopic (exact) mass is 338 g/mol. The first-order valence-corrected chi connectivity index (χ1v) is 9.00. The van der Waals surface area contributed by atoms with Crippen LogP contribution in [0.5, 0.6) is 0 Å². The van der Waals surface area contributed by atoms with Crippen LogP contribution in [0.1, 0.15) is 48.4 Å². The lowest BCUT2D eigenvalue weighted by molar-refractivity contribution is 0.0684. The Labute approximate surface area is 149 Å². The molecule has 1 fully saturated rings. The van der Waals surface area contributed by atoms with Gasteiger partial charge in [-0.2, -0.15) is 0 Å². The smallest absolute Gasteiger partial charge is 0.273 e. The number of amides is 1. The zero-order valence-electron chi connectivity index (χ0n) is 15.3. The van der Waals surface area contributed by atoms with Crippen LogP contribution in [0.15, 0.2) is 36.4 Å². The first-order chi connectivity index (χ1) is 12.0. The molecule has 0 atom stereocenters. The standard InChI is InChI=1S/C20H26N4O/c1-15(2)24(14-17-9-5-4-6-10-17)19(25)18-13-16(3)21-20(22-18)23-11-7-8-12-23/h4-6,9-10,13,15H,7-8,11-12,14H2,1-3H3. The van der Waals surface area contributed by atoms with E-state index in [4.69, 9.17) is 0 Å². The highest BCUT2D eigenvalue weighted by Crippen LogP contribution is 2.19. The first kappa shape index (κ1) is 17.4. The molecule has 2 heterocycles. The van der Waals surface area contributed by atoms with Crippen molar-refractivity contribution in [2.24, 2.45) is 0 Å². The fourth-order valence-corrected chi connectivity index (χ4v) is 3.14. The summed E-state index contributed by atoms with van der Waals surface area (Å²) in [5.41, 5.74) is 2.44. The number of benzene rings is 1. The van der Waals surface area contributed by atoms with E-state index in [1.165, 1.54) is 0 Å². The fourth-order valence-electron chi connectivity index (χ4n) is 3.14. The van der Waals surface area contributed by atoms with Gasteiger partial charge >= 0.3 is 0 Å². The van der Waals surface area contributed by atoms with Gasteiger partial charge in [-0.3, -0.25) is 4.79 Å². The zero-order chi connectivity index (χ0) is 17.8. The number of anilines is 1. The fraction of sp³-hybridized carbons (Fsp3) is 0.450. The Morgan fingerprint density at radius 1 is 1.16 bits per heavy atom. The molecule has 25 heavy (non-hydrogen) atoms. The van der Waals surface area contributed by atoms with Gasteiger partial charge < -0.3 is 9.80 Å². The number of hydrogen-bond donors (Lipinski definition) is 0. The summed E-state index contributed by atoms with van der Waals surface area (Å²) in [7, 11) is 0. The van der Waals surface area contributed by atoms with Crippen molar-refractivity contribution in [1.29, 1.82) is 0 Å². The first-order valence-electron chi connectivity index (χ1n) is 9.00. The van der Waals surface area contributed by atoms with E-state index in [2.05, 4.69) is 14.9 Å². The molecule has 5 heteroatoms. The molecule has 0 radical (unpaired) electrons. The quantitative estimate of drug-likeness (QED) is 0.838. The lowest BCUT2D eigenvalue weighted by Gasteiger charge is -2.27. The lowest BCUT2D eigenvalue weighted by Crippen LogP contribution is -2.37. The Morgan fingerprint density at radius 2 is 1.84 bits per heavy atom. The lowest BCUT2D eigenvalue weighted by atomic mass is 10.1. The topological polar surface area (TPSA) is 49.3 Å². The van der Waals surface area contributed by atoms with Gasteiger partial charge in [-0.05, 0) is 45.2 Å². The zero-order valence-corrected chi connectivity index (χ0v) is 15.3. The summed E-state index contributed by atoms with van der Waals surface area (Å²) in [5.74, 6) is 0.647. The summed E-state index contributed by atoms with van der Waals surface area (Å²) < 4.78 is 0. The molecule has 0 bridgehead atoms. The van der Waals surface area contributed by atoms with Gasteiger partial charge in [0.2, 0.25) is 5.95 Å². The minimum Gasteiger partial charge on any atom is -0.341 e. The molecule has 0 unspecified atom stereocenters. The summed E-state index contributed by atoms with van der Waals surface area (Å²) in [4.78, 5) is 26.3. The van der Waals surface area contributed by atoms with Gasteiger partial charge in [-0.15, -0.1) is 0 Å². The molecule has 1 amide bonds. The number of rotatable bonds is 5. The van der Waals surface area contributed by atoms with E-state index in [9.17, 15) is 4.79 Å². The van der Waals surface area contributed by atoms with Gasteiger partial charge in [0.1, 0.15) is 5.69 Å². The summed E-state index contributed by atoms with van der Waals surface area (Å²) >= 11 is 0. The van der Waals surface area contributed by atoms with Crippen molar-refractivity contribution < 1.29 is 4.79 Å². The van der Waals surface area contributed by atoms with E-state index in [0.29, 0.717) is 18.2 Å². The van der Waals surface area contributed by atoms with Crippen LogP contribution in [-0.4, -0.2) is 39.9 Å². The van der Waals surface area contributed by atoms with E-state index >= 15 is 0 Å². The Kier molecular flexibility index (Phi) is 5.31. The van der Waals surface area contributed by atoms with E-state index in [-0.39, 0.29) is 11.9 Å². The molecule has 1 saturated heterocycles. The van der Waals surface area contributed by atoms with Gasteiger partial charge in [0.25, 0.3) is 5.91 Å². The van der Waals surface area contributed by atoms with Gasteiger partial charge in [-0.1, -0.05) is 30.3 Å². The molecule has 3 rings (SSSR count). The van der Waals surface area contributed by atoms with Gasteiger partial charge in [-0.25, -0.2) is 9.97 Å². The maximum absolute atomic E-state index is 13.1. The predicted molar refractivity (Wildman–Crippen MR) is 99.7 cm³/mol. The van der Waals surface area contributed by atoms with Crippen LogP contribution in [0.3, 0.4) is 0 Å². The molecule has 132 valence electrons. The second kappa shape index (κ2) is 7.64. The Bertz CT molecular complexity index is 724. The summed E-state index contributed by atoms with van der Waals surface area (Å²) in [5, 5.41) is 0. The van der Waals surface area contributed by atoms with Gasteiger partial charge in [0.15, 0.2) is 0 Å². The maximum Gasteiger partial charge on any atom is 0.273 e. The maximum atomic E-state index is 13.1. The van der Waals surface area contributed by atoms with Crippen LogP contribution in [0.25, 0.3) is 0 Å². The number of nitrogens with zero attached hydrogens (tertiary/aromatic N) is 4. The molecule has 0 aliphatic carbocycles. The van der Waals surface area contributed by atoms with Crippen molar-refractivity contribution in [2.75, 3.05) is 18.0 Å². The largest absolute Gasteiger partial charge is 0.341 e. The molecule has 2 aromatic rings. The molecule has 0 spiro atoms. The molecule has 1 aliphatic heterocycles. The number of carbonyl (C=O) groups is 1. The third-order valence-electron chi connectivity index (χ3n) is 4.53. The Hall–Kier alpha value is -2.43. The molecule has 1 aromatic heterocycles. The molecule has 1 aromatic carbocycles. The van der Waals surface area contributed by atoms with Crippen molar-refractivity contribution in [1.82, 2.24) is 14.9 Å².